The minimum atomic E-state index is -0.942. The Kier molecular flexibility index (Phi) is 12.4. The number of nitrogens with zero attached hydrogens (tertiary/aromatic N) is 4. The van der Waals surface area contributed by atoms with Gasteiger partial charge in [0.15, 0.2) is 0 Å². The molecule has 12 heteroatoms. The van der Waals surface area contributed by atoms with Gasteiger partial charge >= 0.3 is 0 Å². The van der Waals surface area contributed by atoms with Crippen LogP contribution in [0.1, 0.15) is 33.1 Å². The number of hydrogen-bond donors (Lipinski definition) is 7. The van der Waals surface area contributed by atoms with E-state index < -0.39 is 18.4 Å². The minimum Gasteiger partial charge on any atom is -0.387 e. The third-order valence-electron chi connectivity index (χ3n) is 6.39. The molecule has 0 aliphatic rings. The number of aliphatic hydroxyl groups excluding tert-OH is 1. The second-order valence-electron chi connectivity index (χ2n) is 9.52. The lowest BCUT2D eigenvalue weighted by Crippen LogP contribution is -2.61. The molecule has 0 aromatic carbocycles. The van der Waals surface area contributed by atoms with Gasteiger partial charge in [0, 0.05) is 64.1 Å². The van der Waals surface area contributed by atoms with Crippen LogP contribution in [-0.2, 0) is 26.2 Å². The highest BCUT2D eigenvalue weighted by Crippen LogP contribution is 2.06. The van der Waals surface area contributed by atoms with Gasteiger partial charge in [0.25, 0.3) is 5.91 Å². The summed E-state index contributed by atoms with van der Waals surface area (Å²) in [7, 11) is 0. The molecule has 0 saturated carbocycles. The van der Waals surface area contributed by atoms with Crippen LogP contribution in [0.3, 0.4) is 0 Å². The maximum absolute atomic E-state index is 12.2. The Labute approximate surface area is 245 Å². The van der Waals surface area contributed by atoms with E-state index in [1.54, 1.807) is 30.7 Å². The zero-order valence-electron chi connectivity index (χ0n) is 23.4. The molecule has 220 valence electrons. The van der Waals surface area contributed by atoms with Crippen LogP contribution in [-0.4, -0.2) is 62.5 Å². The molecule has 0 saturated heterocycles. The van der Waals surface area contributed by atoms with Gasteiger partial charge in [-0.05, 0) is 48.5 Å². The van der Waals surface area contributed by atoms with Crippen molar-refractivity contribution < 1.29 is 9.90 Å². The Balaban J connectivity index is 1.47. The molecule has 0 radical (unpaired) electrons. The predicted octanol–water partition coefficient (Wildman–Crippen LogP) is 0.427. The third kappa shape index (κ3) is 10.0. The van der Waals surface area contributed by atoms with Crippen molar-refractivity contribution in [2.45, 2.75) is 44.6 Å². The van der Waals surface area contributed by atoms with Crippen LogP contribution in [0.5, 0.6) is 0 Å². The van der Waals surface area contributed by atoms with Crippen molar-refractivity contribution in [2.75, 3.05) is 13.1 Å². The van der Waals surface area contributed by atoms with E-state index in [1.807, 2.05) is 54.6 Å². The molecule has 2 atom stereocenters. The maximum atomic E-state index is 12.2. The Hall–Kier alpha value is -4.17. The molecular weight excluding hydrogens is 532 g/mol. The van der Waals surface area contributed by atoms with E-state index in [0.29, 0.717) is 50.5 Å². The van der Waals surface area contributed by atoms with Gasteiger partial charge in [-0.2, -0.15) is 0 Å². The summed E-state index contributed by atoms with van der Waals surface area (Å²) in [5, 5.41) is 28.0. The molecule has 0 aliphatic heterocycles. The first-order valence-corrected chi connectivity index (χ1v) is 13.9. The van der Waals surface area contributed by atoms with Gasteiger partial charge < -0.3 is 16.2 Å². The summed E-state index contributed by atoms with van der Waals surface area (Å²) in [6.45, 7) is 2.42. The molecular formula is C30H38N10O2. The van der Waals surface area contributed by atoms with E-state index in [1.165, 1.54) is 6.20 Å². The van der Waals surface area contributed by atoms with E-state index in [0.717, 1.165) is 17.1 Å². The number of hydrogen-bond acceptors (Lipinski definition) is 11. The molecule has 42 heavy (non-hydrogen) atoms. The fourth-order valence-corrected chi connectivity index (χ4v) is 4.14. The first-order valence-electron chi connectivity index (χ1n) is 13.9. The van der Waals surface area contributed by atoms with Crippen LogP contribution < -0.4 is 32.3 Å². The molecule has 1 amide bonds. The average Bonchev–Trinajstić information content (AvgIpc) is 3.05. The van der Waals surface area contributed by atoms with Crippen molar-refractivity contribution in [1.82, 2.24) is 46.5 Å². The Morgan fingerprint density at radius 1 is 0.667 bits per heavy atom. The molecule has 0 aliphatic carbocycles. The minimum absolute atomic E-state index is 0.224. The van der Waals surface area contributed by atoms with Crippen molar-refractivity contribution in [2.24, 2.45) is 5.73 Å². The summed E-state index contributed by atoms with van der Waals surface area (Å²) < 4.78 is 0. The van der Waals surface area contributed by atoms with Gasteiger partial charge in [-0.15, -0.1) is 0 Å². The Morgan fingerprint density at radius 3 is 1.48 bits per heavy atom. The number of amides is 1. The van der Waals surface area contributed by atoms with Gasteiger partial charge in [-0.3, -0.25) is 46.0 Å². The van der Waals surface area contributed by atoms with Crippen molar-refractivity contribution >= 4 is 5.91 Å². The van der Waals surface area contributed by atoms with E-state index in [9.17, 15) is 9.90 Å². The Bertz CT molecular complexity index is 1270. The quantitative estimate of drug-likeness (QED) is 0.0877. The molecule has 0 spiro atoms. The van der Waals surface area contributed by atoms with Crippen LogP contribution in [0.2, 0.25) is 0 Å². The summed E-state index contributed by atoms with van der Waals surface area (Å²) in [4.78, 5) is 29.8. The van der Waals surface area contributed by atoms with Gasteiger partial charge in [0.2, 0.25) is 0 Å². The Morgan fingerprint density at radius 2 is 1.12 bits per heavy atom. The van der Waals surface area contributed by atoms with Crippen LogP contribution in [0, 0.1) is 0 Å². The lowest BCUT2D eigenvalue weighted by atomic mass is 10.1. The van der Waals surface area contributed by atoms with Crippen molar-refractivity contribution in [3.63, 3.8) is 0 Å². The normalized spacial score (nSPS) is 12.6. The predicted molar refractivity (Wildman–Crippen MR) is 159 cm³/mol. The van der Waals surface area contributed by atoms with Crippen LogP contribution in [0.4, 0.5) is 0 Å². The van der Waals surface area contributed by atoms with E-state index >= 15 is 0 Å². The molecule has 4 aromatic heterocycles. The number of nitrogens with two attached hydrogens (primary N) is 1. The first-order chi connectivity index (χ1) is 20.6. The van der Waals surface area contributed by atoms with E-state index in [-0.39, 0.29) is 5.91 Å². The van der Waals surface area contributed by atoms with Crippen molar-refractivity contribution in [3.05, 3.63) is 120 Å². The van der Waals surface area contributed by atoms with Crippen molar-refractivity contribution in [1.29, 1.82) is 0 Å². The van der Waals surface area contributed by atoms with E-state index in [2.05, 4.69) is 46.5 Å². The number of carbonyl (C=O) groups is 1. The SMILES string of the molecule is NCCNC(=O)c1ccc(CNC(NCc2ccccn2)C(O)C(NCc2ccccn2)NCc2ccccn2)nc1. The zero-order chi connectivity index (χ0) is 29.4. The van der Waals surface area contributed by atoms with Gasteiger partial charge in [0.05, 0.1) is 40.7 Å². The second kappa shape index (κ2) is 16.9. The third-order valence-corrected chi connectivity index (χ3v) is 6.39. The molecule has 4 aromatic rings. The van der Waals surface area contributed by atoms with Gasteiger partial charge in [-0.1, -0.05) is 18.2 Å². The molecule has 8 N–H and O–H groups in total. The molecule has 4 rings (SSSR count). The van der Waals surface area contributed by atoms with Gasteiger partial charge in [0.1, 0.15) is 6.10 Å². The summed E-state index contributed by atoms with van der Waals surface area (Å²) >= 11 is 0. The topological polar surface area (TPSA) is 175 Å². The van der Waals surface area contributed by atoms with Crippen LogP contribution >= 0.6 is 0 Å². The number of aromatic nitrogens is 4. The summed E-state index contributed by atoms with van der Waals surface area (Å²) in [5.74, 6) is -0.224. The smallest absolute Gasteiger partial charge is 0.252 e. The van der Waals surface area contributed by atoms with Crippen LogP contribution in [0.15, 0.2) is 91.5 Å². The second-order valence-corrected chi connectivity index (χ2v) is 9.52. The first kappa shape index (κ1) is 30.8. The van der Waals surface area contributed by atoms with Crippen molar-refractivity contribution in [3.8, 4) is 0 Å². The standard InChI is InChI=1S/C30H38N10O2/c31-12-16-35-30(42)22-10-11-26(36-17-22)21-40-29(39-20-25-9-3-6-15-34-25)27(41)28(37-18-23-7-1-4-13-32-23)38-19-24-8-2-5-14-33-24/h1-11,13-15,17,27-29,37-41H,12,16,18-21,31H2,(H,35,42). The highest BCUT2D eigenvalue weighted by molar-refractivity contribution is 5.93. The maximum Gasteiger partial charge on any atom is 0.252 e. The average molecular weight is 571 g/mol. The highest BCUT2D eigenvalue weighted by atomic mass is 16.3. The number of pyridine rings is 4. The summed E-state index contributed by atoms with van der Waals surface area (Å²) in [6.07, 6.45) is 4.69. The highest BCUT2D eigenvalue weighted by Gasteiger charge is 2.27. The fraction of sp³-hybridized carbons (Fsp3) is 0.300. The number of carbonyl (C=O) groups excluding carboxylic acids is 1. The molecule has 4 heterocycles. The number of rotatable bonds is 17. The summed E-state index contributed by atoms with van der Waals surface area (Å²) in [6, 6.07) is 20.6. The molecule has 0 bridgehead atoms. The van der Waals surface area contributed by atoms with Gasteiger partial charge in [-0.25, -0.2) is 0 Å². The molecule has 12 nitrogen and oxygen atoms in total. The lowest BCUT2D eigenvalue weighted by molar-refractivity contribution is 0.0563. The summed E-state index contributed by atoms with van der Waals surface area (Å²) in [5.41, 5.74) is 9.16. The zero-order valence-corrected chi connectivity index (χ0v) is 23.4. The monoisotopic (exact) mass is 570 g/mol. The molecule has 2 unspecified atom stereocenters. The van der Waals surface area contributed by atoms with E-state index in [4.69, 9.17) is 5.73 Å². The fourth-order valence-electron chi connectivity index (χ4n) is 4.14. The lowest BCUT2D eigenvalue weighted by Gasteiger charge is -2.32. The number of nitrogens with one attached hydrogen (secondary N) is 5. The van der Waals surface area contributed by atoms with Crippen LogP contribution in [0.25, 0.3) is 0 Å². The number of aliphatic hydroxyl groups is 1. The largest absolute Gasteiger partial charge is 0.387 e. The molecule has 0 fully saturated rings.